The Morgan fingerprint density at radius 2 is 1.81 bits per heavy atom. The van der Waals surface area contributed by atoms with Gasteiger partial charge in [-0.2, -0.15) is 0 Å². The molecule has 0 aliphatic carbocycles. The highest BCUT2D eigenvalue weighted by molar-refractivity contribution is 7.13. The molecule has 27 heavy (non-hydrogen) atoms. The van der Waals surface area contributed by atoms with Crippen molar-refractivity contribution < 1.29 is 4.74 Å². The number of ether oxygens (including phenoxy) is 1. The molecule has 4 heterocycles. The Kier molecular flexibility index (Phi) is 4.27. The highest BCUT2D eigenvalue weighted by Gasteiger charge is 2.15. The van der Waals surface area contributed by atoms with Crippen LogP contribution in [0.25, 0.3) is 16.2 Å². The van der Waals surface area contributed by atoms with E-state index in [1.165, 1.54) is 5.69 Å². The van der Waals surface area contributed by atoms with Crippen LogP contribution >= 0.6 is 11.3 Å². The highest BCUT2D eigenvalue weighted by Crippen LogP contribution is 2.34. The number of hydrogen-bond acceptors (Lipinski definition) is 5. The zero-order valence-corrected chi connectivity index (χ0v) is 15.7. The van der Waals surface area contributed by atoms with Crippen molar-refractivity contribution in [1.29, 1.82) is 0 Å². The van der Waals surface area contributed by atoms with E-state index < -0.39 is 0 Å². The number of fused-ring (bicyclic) bond motifs is 1. The summed E-state index contributed by atoms with van der Waals surface area (Å²) in [6.07, 6.45) is 2.05. The molecule has 0 saturated carbocycles. The molecule has 0 spiro atoms. The zero-order chi connectivity index (χ0) is 18.1. The van der Waals surface area contributed by atoms with Gasteiger partial charge in [0, 0.05) is 30.7 Å². The summed E-state index contributed by atoms with van der Waals surface area (Å²) in [5.41, 5.74) is 4.21. The second kappa shape index (κ2) is 7.06. The third-order valence-corrected chi connectivity index (χ3v) is 5.67. The standard InChI is InChI=1S/C21H20N4OS/c1-2-10-25-19(5-1)23-20(18-4-3-15-27-18)21(25)22-16-6-8-17(9-7-16)24-11-13-26-14-12-24/h1-10,15,22H,11-14H2. The molecule has 0 amide bonds. The summed E-state index contributed by atoms with van der Waals surface area (Å²) in [4.78, 5) is 8.35. The lowest BCUT2D eigenvalue weighted by Gasteiger charge is -2.28. The lowest BCUT2D eigenvalue weighted by Crippen LogP contribution is -2.36. The fourth-order valence-corrected chi connectivity index (χ4v) is 4.13. The van der Waals surface area contributed by atoms with Gasteiger partial charge in [0.2, 0.25) is 0 Å². The number of benzene rings is 1. The van der Waals surface area contributed by atoms with Gasteiger partial charge in [0.15, 0.2) is 0 Å². The molecule has 5 nitrogen and oxygen atoms in total. The van der Waals surface area contributed by atoms with E-state index in [1.54, 1.807) is 11.3 Å². The van der Waals surface area contributed by atoms with E-state index in [2.05, 4.69) is 56.4 Å². The molecule has 0 radical (unpaired) electrons. The molecule has 1 fully saturated rings. The Morgan fingerprint density at radius 3 is 2.59 bits per heavy atom. The number of aromatic nitrogens is 2. The Hall–Kier alpha value is -2.83. The minimum atomic E-state index is 0.798. The smallest absolute Gasteiger partial charge is 0.144 e. The summed E-state index contributed by atoms with van der Waals surface area (Å²) in [5, 5.41) is 5.66. The van der Waals surface area contributed by atoms with Gasteiger partial charge in [-0.3, -0.25) is 4.40 Å². The van der Waals surface area contributed by atoms with Gasteiger partial charge in [-0.15, -0.1) is 11.3 Å². The fourth-order valence-electron chi connectivity index (χ4n) is 3.41. The van der Waals surface area contributed by atoms with Crippen LogP contribution in [-0.4, -0.2) is 35.7 Å². The predicted octanol–water partition coefficient (Wildman–Crippen LogP) is 4.64. The SMILES string of the molecule is c1csc(-c2nc3ccccn3c2Nc2ccc(N3CCOCC3)cc2)c1. The molecule has 1 saturated heterocycles. The monoisotopic (exact) mass is 376 g/mol. The maximum Gasteiger partial charge on any atom is 0.144 e. The van der Waals surface area contributed by atoms with E-state index in [1.807, 2.05) is 24.4 Å². The average molecular weight is 376 g/mol. The average Bonchev–Trinajstić information content (AvgIpc) is 3.38. The molecule has 0 bridgehead atoms. The molecule has 4 aromatic rings. The number of nitrogens with zero attached hydrogens (tertiary/aromatic N) is 3. The van der Waals surface area contributed by atoms with Crippen LogP contribution < -0.4 is 10.2 Å². The number of morpholine rings is 1. The summed E-state index contributed by atoms with van der Waals surface area (Å²) >= 11 is 1.70. The largest absolute Gasteiger partial charge is 0.378 e. The third kappa shape index (κ3) is 3.18. The van der Waals surface area contributed by atoms with E-state index >= 15 is 0 Å². The second-order valence-electron chi connectivity index (χ2n) is 6.49. The first-order valence-electron chi connectivity index (χ1n) is 9.09. The first-order valence-corrected chi connectivity index (χ1v) is 9.97. The molecule has 136 valence electrons. The normalized spacial score (nSPS) is 14.6. The van der Waals surface area contributed by atoms with Gasteiger partial charge in [0.05, 0.1) is 18.1 Å². The molecule has 0 atom stereocenters. The second-order valence-corrected chi connectivity index (χ2v) is 7.43. The highest BCUT2D eigenvalue weighted by atomic mass is 32.1. The molecule has 1 aromatic carbocycles. The molecular formula is C21H20N4OS. The summed E-state index contributed by atoms with van der Waals surface area (Å²) < 4.78 is 7.54. The molecule has 1 N–H and O–H groups in total. The molecular weight excluding hydrogens is 356 g/mol. The number of pyridine rings is 1. The third-order valence-electron chi connectivity index (χ3n) is 4.79. The first-order chi connectivity index (χ1) is 13.4. The molecule has 1 aliphatic heterocycles. The number of anilines is 3. The van der Waals surface area contributed by atoms with E-state index in [4.69, 9.17) is 9.72 Å². The lowest BCUT2D eigenvalue weighted by atomic mass is 10.2. The van der Waals surface area contributed by atoms with Crippen molar-refractivity contribution in [2.75, 3.05) is 36.5 Å². The number of hydrogen-bond donors (Lipinski definition) is 1. The Balaban J connectivity index is 1.48. The van der Waals surface area contributed by atoms with Gasteiger partial charge in [-0.05, 0) is 47.8 Å². The van der Waals surface area contributed by atoms with E-state index in [9.17, 15) is 0 Å². The molecule has 0 unspecified atom stereocenters. The van der Waals surface area contributed by atoms with Crippen LogP contribution in [-0.2, 0) is 4.74 Å². The zero-order valence-electron chi connectivity index (χ0n) is 14.8. The minimum Gasteiger partial charge on any atom is -0.378 e. The van der Waals surface area contributed by atoms with Crippen LogP contribution in [0.4, 0.5) is 17.2 Å². The van der Waals surface area contributed by atoms with Crippen LogP contribution in [0.15, 0.2) is 66.2 Å². The Bertz CT molecular complexity index is 1030. The fraction of sp³-hybridized carbons (Fsp3) is 0.190. The van der Waals surface area contributed by atoms with E-state index in [0.717, 1.165) is 54.0 Å². The predicted molar refractivity (Wildman–Crippen MR) is 111 cm³/mol. The number of imidazole rings is 1. The van der Waals surface area contributed by atoms with Crippen LogP contribution in [0.1, 0.15) is 0 Å². The summed E-state index contributed by atoms with van der Waals surface area (Å²) in [6, 6.07) is 18.8. The lowest BCUT2D eigenvalue weighted by molar-refractivity contribution is 0.122. The van der Waals surface area contributed by atoms with Crippen molar-refractivity contribution in [3.63, 3.8) is 0 Å². The molecule has 5 rings (SSSR count). The van der Waals surface area contributed by atoms with Crippen LogP contribution in [0.5, 0.6) is 0 Å². The van der Waals surface area contributed by atoms with Crippen molar-refractivity contribution in [3.05, 3.63) is 66.2 Å². The van der Waals surface area contributed by atoms with Crippen molar-refractivity contribution in [2.45, 2.75) is 0 Å². The van der Waals surface area contributed by atoms with Crippen LogP contribution in [0.2, 0.25) is 0 Å². The maximum atomic E-state index is 5.44. The molecule has 1 aliphatic rings. The maximum absolute atomic E-state index is 5.44. The number of nitrogens with one attached hydrogen (secondary N) is 1. The van der Waals surface area contributed by atoms with Gasteiger partial charge >= 0.3 is 0 Å². The summed E-state index contributed by atoms with van der Waals surface area (Å²) in [7, 11) is 0. The first kappa shape index (κ1) is 16.4. The van der Waals surface area contributed by atoms with Crippen molar-refractivity contribution in [3.8, 4) is 10.6 Å². The van der Waals surface area contributed by atoms with Gasteiger partial charge in [-0.1, -0.05) is 12.1 Å². The minimum absolute atomic E-state index is 0.798. The Morgan fingerprint density at radius 1 is 0.963 bits per heavy atom. The van der Waals surface area contributed by atoms with Crippen LogP contribution in [0, 0.1) is 0 Å². The molecule has 6 heteroatoms. The van der Waals surface area contributed by atoms with Crippen molar-refractivity contribution in [2.24, 2.45) is 0 Å². The number of thiophene rings is 1. The quantitative estimate of drug-likeness (QED) is 0.563. The topological polar surface area (TPSA) is 41.8 Å². The van der Waals surface area contributed by atoms with Crippen molar-refractivity contribution >= 4 is 34.2 Å². The number of rotatable bonds is 4. The summed E-state index contributed by atoms with van der Waals surface area (Å²) in [6.45, 7) is 3.49. The van der Waals surface area contributed by atoms with Gasteiger partial charge < -0.3 is 15.0 Å². The van der Waals surface area contributed by atoms with Crippen molar-refractivity contribution in [1.82, 2.24) is 9.38 Å². The van der Waals surface area contributed by atoms with Gasteiger partial charge in [0.25, 0.3) is 0 Å². The van der Waals surface area contributed by atoms with E-state index in [-0.39, 0.29) is 0 Å². The van der Waals surface area contributed by atoms with E-state index in [0.29, 0.717) is 0 Å². The van der Waals surface area contributed by atoms with Crippen LogP contribution in [0.3, 0.4) is 0 Å². The van der Waals surface area contributed by atoms with Gasteiger partial charge in [-0.25, -0.2) is 4.98 Å². The molecule has 3 aromatic heterocycles. The summed E-state index contributed by atoms with van der Waals surface area (Å²) in [5.74, 6) is 0.993. The van der Waals surface area contributed by atoms with Gasteiger partial charge in [0.1, 0.15) is 17.2 Å². The Labute approximate surface area is 161 Å².